The summed E-state index contributed by atoms with van der Waals surface area (Å²) < 4.78 is 0. The van der Waals surface area contributed by atoms with E-state index >= 15 is 0 Å². The molecule has 2 heterocycles. The summed E-state index contributed by atoms with van der Waals surface area (Å²) in [6, 6.07) is 0. The molecule has 0 atom stereocenters. The molecule has 1 aromatic heterocycles. The zero-order valence-electron chi connectivity index (χ0n) is 13.1. The molecule has 1 N–H and O–H groups in total. The van der Waals surface area contributed by atoms with E-state index in [-0.39, 0.29) is 0 Å². The number of rotatable bonds is 3. The molecule has 0 unspecified atom stereocenters. The summed E-state index contributed by atoms with van der Waals surface area (Å²) in [4.78, 5) is 11.3. The van der Waals surface area contributed by atoms with Crippen LogP contribution in [0.3, 0.4) is 0 Å². The van der Waals surface area contributed by atoms with Gasteiger partial charge in [-0.2, -0.15) is 0 Å². The summed E-state index contributed by atoms with van der Waals surface area (Å²) in [5.74, 6) is 0.538. The first-order valence-electron chi connectivity index (χ1n) is 8.39. The molecule has 0 spiro atoms. The summed E-state index contributed by atoms with van der Waals surface area (Å²) >= 11 is 0. The predicted octanol–water partition coefficient (Wildman–Crippen LogP) is 2.66. The van der Waals surface area contributed by atoms with Crippen LogP contribution in [0.5, 0.6) is 0 Å². The van der Waals surface area contributed by atoms with E-state index in [1.54, 1.807) is 12.4 Å². The van der Waals surface area contributed by atoms with Gasteiger partial charge in [0, 0.05) is 24.9 Å². The Hall–Kier alpha value is -1.00. The highest BCUT2D eigenvalue weighted by atomic mass is 16.3. The van der Waals surface area contributed by atoms with Crippen molar-refractivity contribution in [2.45, 2.75) is 63.4 Å². The van der Waals surface area contributed by atoms with Crippen LogP contribution in [0.2, 0.25) is 0 Å². The summed E-state index contributed by atoms with van der Waals surface area (Å²) in [5.41, 5.74) is 1.82. The van der Waals surface area contributed by atoms with Gasteiger partial charge in [-0.15, -0.1) is 0 Å². The first-order valence-corrected chi connectivity index (χ1v) is 8.39. The molecule has 4 nitrogen and oxygen atoms in total. The number of nitrogens with zero attached hydrogens (tertiary/aromatic N) is 3. The number of likely N-dealkylation sites (tertiary alicyclic amines) is 1. The Morgan fingerprint density at radius 1 is 1.14 bits per heavy atom. The van der Waals surface area contributed by atoms with Crippen LogP contribution in [0.25, 0.3) is 0 Å². The van der Waals surface area contributed by atoms with Gasteiger partial charge in [-0.25, -0.2) is 0 Å². The van der Waals surface area contributed by atoms with Crippen LogP contribution in [-0.4, -0.2) is 45.2 Å². The van der Waals surface area contributed by atoms with Gasteiger partial charge in [0.25, 0.3) is 0 Å². The fraction of sp³-hybridized carbons (Fsp3) is 0.765. The topological polar surface area (TPSA) is 49.2 Å². The quantitative estimate of drug-likeness (QED) is 0.929. The second-order valence-corrected chi connectivity index (χ2v) is 6.86. The normalized spacial score (nSPS) is 24.1. The van der Waals surface area contributed by atoms with Crippen molar-refractivity contribution in [3.05, 3.63) is 23.8 Å². The highest BCUT2D eigenvalue weighted by molar-refractivity contribution is 5.15. The lowest BCUT2D eigenvalue weighted by Crippen LogP contribution is -2.47. The second kappa shape index (κ2) is 6.41. The summed E-state index contributed by atoms with van der Waals surface area (Å²) in [6.45, 7) is 5.06. The van der Waals surface area contributed by atoms with Gasteiger partial charge >= 0.3 is 0 Å². The molecule has 0 bridgehead atoms. The van der Waals surface area contributed by atoms with Gasteiger partial charge in [-0.05, 0) is 45.7 Å². The first kappa shape index (κ1) is 14.9. The lowest BCUT2D eigenvalue weighted by atomic mass is 9.83. The Morgan fingerprint density at radius 2 is 1.81 bits per heavy atom. The summed E-state index contributed by atoms with van der Waals surface area (Å²) in [5, 5.41) is 10.7. The Balaban J connectivity index is 1.54. The molecule has 2 fully saturated rings. The van der Waals surface area contributed by atoms with Gasteiger partial charge in [0.05, 0.1) is 17.0 Å². The first-order chi connectivity index (χ1) is 10.2. The average Bonchev–Trinajstić information content (AvgIpc) is 2.49. The zero-order chi connectivity index (χ0) is 14.7. The van der Waals surface area contributed by atoms with Gasteiger partial charge in [0.1, 0.15) is 0 Å². The van der Waals surface area contributed by atoms with E-state index in [9.17, 15) is 5.11 Å². The number of aryl methyl sites for hydroxylation is 1. The molecule has 1 saturated carbocycles. The molecule has 1 aliphatic carbocycles. The fourth-order valence-electron chi connectivity index (χ4n) is 3.97. The number of hydrogen-bond donors (Lipinski definition) is 1. The average molecular weight is 289 g/mol. The highest BCUT2D eigenvalue weighted by Gasteiger charge is 2.33. The standard InChI is InChI=1S/C17H27N3O/c1-14-16(19-10-9-18-14)15-5-11-20(12-6-15)13-17(21)7-3-2-4-8-17/h9-10,15,21H,2-8,11-13H2,1H3. The largest absolute Gasteiger partial charge is 0.389 e. The SMILES string of the molecule is Cc1nccnc1C1CCN(CC2(O)CCCCC2)CC1. The van der Waals surface area contributed by atoms with Gasteiger partial charge in [-0.1, -0.05) is 19.3 Å². The Bertz CT molecular complexity index is 463. The molecule has 0 radical (unpaired) electrons. The minimum Gasteiger partial charge on any atom is -0.389 e. The Labute approximate surface area is 127 Å². The molecular weight excluding hydrogens is 262 g/mol. The minimum atomic E-state index is -0.423. The number of aliphatic hydroxyl groups is 1. The van der Waals surface area contributed by atoms with Crippen molar-refractivity contribution in [3.8, 4) is 0 Å². The van der Waals surface area contributed by atoms with E-state index in [1.807, 2.05) is 0 Å². The number of aromatic nitrogens is 2. The van der Waals surface area contributed by atoms with Crippen LogP contribution in [0, 0.1) is 6.92 Å². The minimum absolute atomic E-state index is 0.423. The molecule has 116 valence electrons. The van der Waals surface area contributed by atoms with Gasteiger partial charge < -0.3 is 10.0 Å². The van der Waals surface area contributed by atoms with E-state index in [0.29, 0.717) is 5.92 Å². The number of β-amino-alcohol motifs (C(OH)–C–C–N with tert-alkyl or cyclic N) is 1. The van der Waals surface area contributed by atoms with Crippen LogP contribution >= 0.6 is 0 Å². The smallest absolute Gasteiger partial charge is 0.0774 e. The van der Waals surface area contributed by atoms with Gasteiger partial charge in [0.2, 0.25) is 0 Å². The van der Waals surface area contributed by atoms with Gasteiger partial charge in [-0.3, -0.25) is 9.97 Å². The van der Waals surface area contributed by atoms with Crippen molar-refractivity contribution in [1.82, 2.24) is 14.9 Å². The molecular formula is C17H27N3O. The predicted molar refractivity (Wildman–Crippen MR) is 83.2 cm³/mol. The summed E-state index contributed by atoms with van der Waals surface area (Å²) in [7, 11) is 0. The molecule has 1 aliphatic heterocycles. The fourth-order valence-corrected chi connectivity index (χ4v) is 3.97. The Kier molecular flexibility index (Phi) is 4.55. The van der Waals surface area contributed by atoms with E-state index in [4.69, 9.17) is 0 Å². The molecule has 1 saturated heterocycles. The zero-order valence-corrected chi connectivity index (χ0v) is 13.1. The monoisotopic (exact) mass is 289 g/mol. The molecule has 0 aromatic carbocycles. The highest BCUT2D eigenvalue weighted by Crippen LogP contribution is 2.32. The third kappa shape index (κ3) is 3.61. The van der Waals surface area contributed by atoms with Crippen LogP contribution in [-0.2, 0) is 0 Å². The van der Waals surface area contributed by atoms with Crippen molar-refractivity contribution in [1.29, 1.82) is 0 Å². The lowest BCUT2D eigenvalue weighted by molar-refractivity contribution is -0.0308. The van der Waals surface area contributed by atoms with E-state index in [2.05, 4.69) is 21.8 Å². The van der Waals surface area contributed by atoms with E-state index in [0.717, 1.165) is 51.0 Å². The molecule has 2 aliphatic rings. The van der Waals surface area contributed by atoms with Crippen molar-refractivity contribution >= 4 is 0 Å². The van der Waals surface area contributed by atoms with E-state index in [1.165, 1.54) is 25.0 Å². The lowest BCUT2D eigenvalue weighted by Gasteiger charge is -2.40. The summed E-state index contributed by atoms with van der Waals surface area (Å²) in [6.07, 6.45) is 11.5. The number of hydrogen-bond acceptors (Lipinski definition) is 4. The van der Waals surface area contributed by atoms with Crippen LogP contribution < -0.4 is 0 Å². The molecule has 1 aromatic rings. The molecule has 0 amide bonds. The number of piperidine rings is 1. The van der Waals surface area contributed by atoms with Crippen LogP contribution in [0.1, 0.15) is 62.3 Å². The second-order valence-electron chi connectivity index (χ2n) is 6.86. The maximum atomic E-state index is 10.7. The maximum Gasteiger partial charge on any atom is 0.0774 e. The van der Waals surface area contributed by atoms with Crippen LogP contribution in [0.15, 0.2) is 12.4 Å². The van der Waals surface area contributed by atoms with Crippen molar-refractivity contribution < 1.29 is 5.11 Å². The van der Waals surface area contributed by atoms with Gasteiger partial charge in [0.15, 0.2) is 0 Å². The van der Waals surface area contributed by atoms with E-state index < -0.39 is 5.60 Å². The molecule has 4 heteroatoms. The third-order valence-electron chi connectivity index (χ3n) is 5.20. The third-order valence-corrected chi connectivity index (χ3v) is 5.20. The van der Waals surface area contributed by atoms with Crippen LogP contribution in [0.4, 0.5) is 0 Å². The van der Waals surface area contributed by atoms with Crippen molar-refractivity contribution in [3.63, 3.8) is 0 Å². The Morgan fingerprint density at radius 3 is 2.48 bits per heavy atom. The molecule has 21 heavy (non-hydrogen) atoms. The molecule has 3 rings (SSSR count). The van der Waals surface area contributed by atoms with Crippen molar-refractivity contribution in [2.75, 3.05) is 19.6 Å². The maximum absolute atomic E-state index is 10.7. The van der Waals surface area contributed by atoms with Crippen molar-refractivity contribution in [2.24, 2.45) is 0 Å².